The van der Waals surface area contributed by atoms with E-state index in [9.17, 15) is 18.0 Å². The molecule has 2 heterocycles. The zero-order chi connectivity index (χ0) is 14.3. The molecule has 1 aromatic carbocycles. The highest BCUT2D eigenvalue weighted by Gasteiger charge is 2.35. The maximum Gasteiger partial charge on any atom is 0.449 e. The van der Waals surface area contributed by atoms with E-state index < -0.39 is 17.4 Å². The molecule has 2 aromatic rings. The molecule has 0 N–H and O–H groups in total. The molecular weight excluding hydrogens is 271 g/mol. The lowest BCUT2D eigenvalue weighted by atomic mass is 10.2. The molecule has 1 saturated heterocycles. The molecule has 1 aromatic heterocycles. The molecule has 0 bridgehead atoms. The molecule has 0 atom stereocenters. The van der Waals surface area contributed by atoms with Crippen LogP contribution in [0.25, 0.3) is 11.0 Å². The molecule has 0 saturated carbocycles. The number of hydrogen-bond donors (Lipinski definition) is 0. The van der Waals surface area contributed by atoms with E-state index in [1.807, 2.05) is 0 Å². The molecule has 20 heavy (non-hydrogen) atoms. The lowest BCUT2D eigenvalue weighted by molar-refractivity contribution is -0.152. The van der Waals surface area contributed by atoms with E-state index in [0.717, 1.165) is 31.6 Å². The van der Waals surface area contributed by atoms with Gasteiger partial charge in [-0.1, -0.05) is 0 Å². The minimum Gasteiger partial charge on any atom is -0.451 e. The first-order valence-corrected chi connectivity index (χ1v) is 6.35. The summed E-state index contributed by atoms with van der Waals surface area (Å²) in [4.78, 5) is 13.9. The van der Waals surface area contributed by atoms with Gasteiger partial charge in [0.05, 0.1) is 5.39 Å². The second kappa shape index (κ2) is 4.54. The Morgan fingerprint density at radius 3 is 2.45 bits per heavy atom. The fourth-order valence-corrected chi connectivity index (χ4v) is 2.46. The molecule has 0 radical (unpaired) electrons. The topological polar surface area (TPSA) is 33.5 Å². The molecule has 0 aliphatic carbocycles. The van der Waals surface area contributed by atoms with Crippen molar-refractivity contribution in [3.05, 3.63) is 40.2 Å². The monoisotopic (exact) mass is 283 g/mol. The molecule has 1 aliphatic heterocycles. The van der Waals surface area contributed by atoms with Crippen molar-refractivity contribution < 1.29 is 17.6 Å². The van der Waals surface area contributed by atoms with Crippen molar-refractivity contribution in [2.24, 2.45) is 0 Å². The highest BCUT2D eigenvalue weighted by Crippen LogP contribution is 2.31. The summed E-state index contributed by atoms with van der Waals surface area (Å²) < 4.78 is 42.5. The van der Waals surface area contributed by atoms with Crippen LogP contribution < -0.4 is 10.3 Å². The molecule has 0 unspecified atom stereocenters. The van der Waals surface area contributed by atoms with Crippen molar-refractivity contribution >= 4 is 16.7 Å². The molecule has 106 valence electrons. The first-order valence-electron chi connectivity index (χ1n) is 6.35. The van der Waals surface area contributed by atoms with Crippen LogP contribution in [0.1, 0.15) is 18.6 Å². The van der Waals surface area contributed by atoms with Crippen molar-refractivity contribution in [3.63, 3.8) is 0 Å². The summed E-state index contributed by atoms with van der Waals surface area (Å²) in [7, 11) is 0. The maximum absolute atomic E-state index is 12.6. The van der Waals surface area contributed by atoms with Gasteiger partial charge in [0.15, 0.2) is 5.43 Å². The third kappa shape index (κ3) is 2.26. The molecule has 0 amide bonds. The third-order valence-corrected chi connectivity index (χ3v) is 3.46. The highest BCUT2D eigenvalue weighted by molar-refractivity contribution is 5.81. The Hall–Kier alpha value is -1.98. The molecule has 1 aliphatic rings. The molecule has 6 heteroatoms. The number of fused-ring (bicyclic) bond motifs is 1. The zero-order valence-electron chi connectivity index (χ0n) is 10.5. The van der Waals surface area contributed by atoms with E-state index in [0.29, 0.717) is 6.07 Å². The van der Waals surface area contributed by atoms with E-state index in [1.165, 1.54) is 6.07 Å². The van der Waals surface area contributed by atoms with Gasteiger partial charge in [0.1, 0.15) is 5.58 Å². The van der Waals surface area contributed by atoms with Crippen molar-refractivity contribution in [2.45, 2.75) is 19.0 Å². The van der Waals surface area contributed by atoms with Gasteiger partial charge in [0, 0.05) is 24.8 Å². The van der Waals surface area contributed by atoms with Gasteiger partial charge in [0.2, 0.25) is 5.76 Å². The number of anilines is 1. The SMILES string of the molecule is O=c1cc(C(F)(F)F)oc2ccc(N3CCCC3)cc12. The van der Waals surface area contributed by atoms with Gasteiger partial charge < -0.3 is 9.32 Å². The number of nitrogens with zero attached hydrogens (tertiary/aromatic N) is 1. The first-order chi connectivity index (χ1) is 9.45. The average Bonchev–Trinajstić information content (AvgIpc) is 2.91. The molecule has 3 nitrogen and oxygen atoms in total. The van der Waals surface area contributed by atoms with Crippen molar-refractivity contribution in [2.75, 3.05) is 18.0 Å². The second-order valence-electron chi connectivity index (χ2n) is 4.85. The van der Waals surface area contributed by atoms with Gasteiger partial charge in [0.25, 0.3) is 0 Å². The molecule has 3 rings (SSSR count). The molecule has 1 fully saturated rings. The van der Waals surface area contributed by atoms with Crippen LogP contribution >= 0.6 is 0 Å². The fraction of sp³-hybridized carbons (Fsp3) is 0.357. The van der Waals surface area contributed by atoms with Gasteiger partial charge in [-0.25, -0.2) is 0 Å². The lowest BCUT2D eigenvalue weighted by Gasteiger charge is -2.17. The van der Waals surface area contributed by atoms with Crippen molar-refractivity contribution in [1.29, 1.82) is 0 Å². The van der Waals surface area contributed by atoms with Gasteiger partial charge in [-0.3, -0.25) is 4.79 Å². The van der Waals surface area contributed by atoms with Gasteiger partial charge in [-0.2, -0.15) is 13.2 Å². The van der Waals surface area contributed by atoms with Crippen LogP contribution in [0.2, 0.25) is 0 Å². The van der Waals surface area contributed by atoms with E-state index in [2.05, 4.69) is 4.90 Å². The summed E-state index contributed by atoms with van der Waals surface area (Å²) in [5.74, 6) is -1.26. The summed E-state index contributed by atoms with van der Waals surface area (Å²) >= 11 is 0. The lowest BCUT2D eigenvalue weighted by Crippen LogP contribution is -2.18. The van der Waals surface area contributed by atoms with E-state index in [1.54, 1.807) is 12.1 Å². The number of alkyl halides is 3. The Balaban J connectivity index is 2.11. The zero-order valence-corrected chi connectivity index (χ0v) is 10.5. The Kier molecular flexibility index (Phi) is 2.96. The van der Waals surface area contributed by atoms with Crippen LogP contribution in [-0.4, -0.2) is 13.1 Å². The second-order valence-corrected chi connectivity index (χ2v) is 4.85. The van der Waals surface area contributed by atoms with Crippen LogP contribution in [-0.2, 0) is 6.18 Å². The summed E-state index contributed by atoms with van der Waals surface area (Å²) in [6.07, 6.45) is -2.49. The van der Waals surface area contributed by atoms with Crippen molar-refractivity contribution in [3.8, 4) is 0 Å². The predicted molar refractivity (Wildman–Crippen MR) is 68.9 cm³/mol. The first kappa shape index (κ1) is 13.0. The maximum atomic E-state index is 12.6. The van der Waals surface area contributed by atoms with Crippen molar-refractivity contribution in [1.82, 2.24) is 0 Å². The minimum atomic E-state index is -4.65. The fourth-order valence-electron chi connectivity index (χ4n) is 2.46. The predicted octanol–water partition coefficient (Wildman–Crippen LogP) is 3.41. The summed E-state index contributed by atoms with van der Waals surface area (Å²) in [5, 5.41) is 0.183. The third-order valence-electron chi connectivity index (χ3n) is 3.46. The number of hydrogen-bond acceptors (Lipinski definition) is 3. The largest absolute Gasteiger partial charge is 0.451 e. The van der Waals surface area contributed by atoms with E-state index >= 15 is 0 Å². The van der Waals surface area contributed by atoms with Gasteiger partial charge in [-0.05, 0) is 31.0 Å². The molecular formula is C14H12F3NO2. The normalized spacial score (nSPS) is 16.1. The summed E-state index contributed by atoms with van der Waals surface area (Å²) in [5.41, 5.74) is 0.148. The van der Waals surface area contributed by atoms with Crippen LogP contribution in [0.15, 0.2) is 33.5 Å². The van der Waals surface area contributed by atoms with Gasteiger partial charge >= 0.3 is 6.18 Å². The number of benzene rings is 1. The summed E-state index contributed by atoms with van der Waals surface area (Å²) in [6, 6.07) is 5.24. The van der Waals surface area contributed by atoms with Crippen LogP contribution in [0.5, 0.6) is 0 Å². The Morgan fingerprint density at radius 2 is 1.80 bits per heavy atom. The smallest absolute Gasteiger partial charge is 0.449 e. The number of rotatable bonds is 1. The summed E-state index contributed by atoms with van der Waals surface area (Å²) in [6.45, 7) is 1.80. The average molecular weight is 283 g/mol. The van der Waals surface area contributed by atoms with Gasteiger partial charge in [-0.15, -0.1) is 0 Å². The van der Waals surface area contributed by atoms with E-state index in [4.69, 9.17) is 4.42 Å². The highest BCUT2D eigenvalue weighted by atomic mass is 19.4. The van der Waals surface area contributed by atoms with E-state index in [-0.39, 0.29) is 11.0 Å². The number of halogens is 3. The standard InChI is InChI=1S/C14H12F3NO2/c15-14(16,17)13-8-11(19)10-7-9(3-4-12(10)20-13)18-5-1-2-6-18/h3-4,7-8H,1-2,5-6H2. The van der Waals surface area contributed by atoms with Crippen LogP contribution in [0.4, 0.5) is 18.9 Å². The Bertz CT molecular complexity index is 700. The van der Waals surface area contributed by atoms with Crippen LogP contribution in [0, 0.1) is 0 Å². The quantitative estimate of drug-likeness (QED) is 0.804. The Labute approximate surface area is 112 Å². The minimum absolute atomic E-state index is 0.0345. The molecule has 0 spiro atoms. The van der Waals surface area contributed by atoms with Crippen LogP contribution in [0.3, 0.4) is 0 Å². The Morgan fingerprint density at radius 1 is 1.10 bits per heavy atom.